The highest BCUT2D eigenvalue weighted by molar-refractivity contribution is 5.83. The summed E-state index contributed by atoms with van der Waals surface area (Å²) in [6.45, 7) is 5.02. The van der Waals surface area contributed by atoms with Crippen LogP contribution < -0.4 is 5.73 Å². The highest BCUT2D eigenvalue weighted by Crippen LogP contribution is 2.02. The Morgan fingerprint density at radius 1 is 1.00 bits per heavy atom. The Labute approximate surface area is 96.7 Å². The van der Waals surface area contributed by atoms with Crippen LogP contribution in [0.1, 0.15) is 32.3 Å². The number of ketones is 2. The van der Waals surface area contributed by atoms with Crippen molar-refractivity contribution in [2.75, 3.05) is 5.73 Å². The standard InChI is InChI=1S/C7H9N.C6H10O2/c1-6-2-4-7(8)5-3-6;1-5(7)3-4-6(2)8/h2-5H,8H2,1H3;3-4H2,1-2H3. The molecule has 88 valence electrons. The molecule has 0 amide bonds. The zero-order valence-corrected chi connectivity index (χ0v) is 10.1. The third-order valence-electron chi connectivity index (χ3n) is 1.91. The van der Waals surface area contributed by atoms with E-state index in [-0.39, 0.29) is 11.6 Å². The van der Waals surface area contributed by atoms with Gasteiger partial charge in [0.1, 0.15) is 11.6 Å². The number of benzene rings is 1. The molecule has 0 heterocycles. The van der Waals surface area contributed by atoms with Crippen molar-refractivity contribution in [1.82, 2.24) is 0 Å². The summed E-state index contributed by atoms with van der Waals surface area (Å²) in [4.78, 5) is 20.4. The first kappa shape index (κ1) is 14.4. The van der Waals surface area contributed by atoms with Gasteiger partial charge in [0.25, 0.3) is 0 Å². The van der Waals surface area contributed by atoms with Crippen LogP contribution in [0, 0.1) is 6.92 Å². The quantitative estimate of drug-likeness (QED) is 0.798. The van der Waals surface area contributed by atoms with Gasteiger partial charge in [-0.05, 0) is 32.9 Å². The summed E-state index contributed by atoms with van der Waals surface area (Å²) in [6, 6.07) is 7.79. The van der Waals surface area contributed by atoms with Crippen molar-refractivity contribution in [2.24, 2.45) is 0 Å². The molecule has 0 aliphatic carbocycles. The SMILES string of the molecule is CC(=O)CCC(C)=O.Cc1ccc(N)cc1. The number of rotatable bonds is 3. The molecule has 1 aromatic carbocycles. The molecule has 0 radical (unpaired) electrons. The zero-order valence-electron chi connectivity index (χ0n) is 10.1. The molecule has 1 rings (SSSR count). The molecule has 0 unspecified atom stereocenters. The van der Waals surface area contributed by atoms with Gasteiger partial charge >= 0.3 is 0 Å². The fraction of sp³-hybridized carbons (Fsp3) is 0.385. The van der Waals surface area contributed by atoms with Gasteiger partial charge in [-0.2, -0.15) is 0 Å². The lowest BCUT2D eigenvalue weighted by Crippen LogP contribution is -1.95. The monoisotopic (exact) mass is 221 g/mol. The van der Waals surface area contributed by atoms with Gasteiger partial charge in [0, 0.05) is 18.5 Å². The lowest BCUT2D eigenvalue weighted by Gasteiger charge is -1.90. The first-order valence-electron chi connectivity index (χ1n) is 5.23. The van der Waals surface area contributed by atoms with E-state index in [2.05, 4.69) is 0 Å². The van der Waals surface area contributed by atoms with Gasteiger partial charge in [-0.15, -0.1) is 0 Å². The Morgan fingerprint density at radius 3 is 1.62 bits per heavy atom. The third kappa shape index (κ3) is 8.94. The smallest absolute Gasteiger partial charge is 0.130 e. The predicted octanol–water partition coefficient (Wildman–Crippen LogP) is 2.52. The molecule has 0 aliphatic rings. The van der Waals surface area contributed by atoms with Gasteiger partial charge in [0.15, 0.2) is 0 Å². The molecule has 0 fully saturated rings. The maximum atomic E-state index is 10.2. The van der Waals surface area contributed by atoms with Gasteiger partial charge in [0.2, 0.25) is 0 Å². The molecule has 3 heteroatoms. The number of aryl methyl sites for hydroxylation is 1. The van der Waals surface area contributed by atoms with Gasteiger partial charge in [-0.1, -0.05) is 17.7 Å². The molecule has 16 heavy (non-hydrogen) atoms. The summed E-state index contributed by atoms with van der Waals surface area (Å²) in [5.41, 5.74) is 7.51. The van der Waals surface area contributed by atoms with Gasteiger partial charge in [0.05, 0.1) is 0 Å². The molecular formula is C13H19NO2. The first-order chi connectivity index (χ1) is 7.41. The minimum Gasteiger partial charge on any atom is -0.399 e. The minimum absolute atomic E-state index is 0.0835. The van der Waals surface area contributed by atoms with Crippen LogP contribution in [0.4, 0.5) is 5.69 Å². The van der Waals surface area contributed by atoms with Crippen LogP contribution in [0.25, 0.3) is 0 Å². The van der Waals surface area contributed by atoms with E-state index in [1.165, 1.54) is 19.4 Å². The first-order valence-corrected chi connectivity index (χ1v) is 5.23. The second-order valence-corrected chi connectivity index (χ2v) is 3.81. The van der Waals surface area contributed by atoms with Crippen molar-refractivity contribution in [2.45, 2.75) is 33.6 Å². The normalized spacial score (nSPS) is 8.94. The fourth-order valence-electron chi connectivity index (χ4n) is 0.919. The molecule has 0 aromatic heterocycles. The van der Waals surface area contributed by atoms with Crippen LogP contribution >= 0.6 is 0 Å². The Hall–Kier alpha value is -1.64. The van der Waals surface area contributed by atoms with E-state index in [1.54, 1.807) is 0 Å². The molecule has 0 atom stereocenters. The van der Waals surface area contributed by atoms with Gasteiger partial charge < -0.3 is 15.3 Å². The van der Waals surface area contributed by atoms with Crippen molar-refractivity contribution in [3.8, 4) is 0 Å². The Morgan fingerprint density at radius 2 is 1.38 bits per heavy atom. The van der Waals surface area contributed by atoms with Crippen LogP contribution in [0.2, 0.25) is 0 Å². The maximum absolute atomic E-state index is 10.2. The molecule has 3 nitrogen and oxygen atoms in total. The summed E-state index contributed by atoms with van der Waals surface area (Å²) < 4.78 is 0. The summed E-state index contributed by atoms with van der Waals surface area (Å²) in [5, 5.41) is 0. The Kier molecular flexibility index (Phi) is 6.84. The van der Waals surface area contributed by atoms with E-state index in [0.717, 1.165) is 5.69 Å². The van der Waals surface area contributed by atoms with Crippen molar-refractivity contribution in [3.63, 3.8) is 0 Å². The van der Waals surface area contributed by atoms with E-state index in [9.17, 15) is 9.59 Å². The van der Waals surface area contributed by atoms with Crippen LogP contribution in [0.5, 0.6) is 0 Å². The van der Waals surface area contributed by atoms with E-state index in [1.807, 2.05) is 31.2 Å². The Balaban J connectivity index is 0.000000281. The van der Waals surface area contributed by atoms with E-state index in [0.29, 0.717) is 12.8 Å². The van der Waals surface area contributed by atoms with E-state index < -0.39 is 0 Å². The van der Waals surface area contributed by atoms with Crippen molar-refractivity contribution >= 4 is 17.3 Å². The van der Waals surface area contributed by atoms with Crippen LogP contribution in [-0.4, -0.2) is 11.6 Å². The topological polar surface area (TPSA) is 60.2 Å². The van der Waals surface area contributed by atoms with Crippen molar-refractivity contribution in [1.29, 1.82) is 0 Å². The third-order valence-corrected chi connectivity index (χ3v) is 1.91. The number of nitrogens with two attached hydrogens (primary N) is 1. The number of hydrogen-bond acceptors (Lipinski definition) is 3. The van der Waals surface area contributed by atoms with Crippen molar-refractivity contribution < 1.29 is 9.59 Å². The van der Waals surface area contributed by atoms with Crippen LogP contribution in [-0.2, 0) is 9.59 Å². The molecular weight excluding hydrogens is 202 g/mol. The largest absolute Gasteiger partial charge is 0.399 e. The lowest BCUT2D eigenvalue weighted by atomic mass is 10.2. The maximum Gasteiger partial charge on any atom is 0.130 e. The fourth-order valence-corrected chi connectivity index (χ4v) is 0.919. The average Bonchev–Trinajstić information content (AvgIpc) is 2.20. The van der Waals surface area contributed by atoms with Crippen molar-refractivity contribution in [3.05, 3.63) is 29.8 Å². The second kappa shape index (κ2) is 7.63. The summed E-state index contributed by atoms with van der Waals surface area (Å²) >= 11 is 0. The molecule has 0 saturated carbocycles. The van der Waals surface area contributed by atoms with Crippen LogP contribution in [0.3, 0.4) is 0 Å². The predicted molar refractivity (Wildman–Crippen MR) is 66.2 cm³/mol. The van der Waals surface area contributed by atoms with Gasteiger partial charge in [-0.3, -0.25) is 0 Å². The zero-order chi connectivity index (χ0) is 12.6. The van der Waals surface area contributed by atoms with Crippen LogP contribution in [0.15, 0.2) is 24.3 Å². The summed E-state index contributed by atoms with van der Waals surface area (Å²) in [5.74, 6) is 0.167. The molecule has 0 aliphatic heterocycles. The minimum atomic E-state index is 0.0835. The number of hydrogen-bond donors (Lipinski definition) is 1. The molecule has 0 bridgehead atoms. The highest BCUT2D eigenvalue weighted by atomic mass is 16.1. The Bertz CT molecular complexity index is 306. The number of nitrogen functional groups attached to an aromatic ring is 1. The van der Waals surface area contributed by atoms with E-state index >= 15 is 0 Å². The second-order valence-electron chi connectivity index (χ2n) is 3.81. The summed E-state index contributed by atoms with van der Waals surface area (Å²) in [6.07, 6.45) is 0.796. The van der Waals surface area contributed by atoms with E-state index in [4.69, 9.17) is 5.73 Å². The van der Waals surface area contributed by atoms with Gasteiger partial charge in [-0.25, -0.2) is 0 Å². The number of Topliss-reactive ketones (excluding diaryl/α,β-unsaturated/α-hetero) is 2. The number of anilines is 1. The lowest BCUT2D eigenvalue weighted by molar-refractivity contribution is -0.122. The number of carbonyl (C=O) groups excluding carboxylic acids is 2. The number of carbonyl (C=O) groups is 2. The summed E-state index contributed by atoms with van der Waals surface area (Å²) in [7, 11) is 0. The highest BCUT2D eigenvalue weighted by Gasteiger charge is 1.95. The molecule has 1 aromatic rings. The molecule has 0 spiro atoms. The molecule has 2 N–H and O–H groups in total. The molecule has 0 saturated heterocycles. The average molecular weight is 221 g/mol.